The van der Waals surface area contributed by atoms with Crippen LogP contribution in [-0.2, 0) is 0 Å². The van der Waals surface area contributed by atoms with Crippen LogP contribution in [0.25, 0.3) is 16.3 Å². The standard InChI is InChI=1S/C17H18/c1-3-5-9-14(4-2)16-13-8-11-15-10-6-7-12-17(15)16/h6-8,10-13H,2-3,5,9H2,1H3. The maximum atomic E-state index is 3.84. The minimum absolute atomic E-state index is 1.06. The number of unbranched alkanes of at least 4 members (excludes halogenated alkanes) is 1. The molecular formula is C17H18. The van der Waals surface area contributed by atoms with Gasteiger partial charge in [-0.15, -0.1) is 5.73 Å². The van der Waals surface area contributed by atoms with Crippen LogP contribution in [-0.4, -0.2) is 0 Å². The van der Waals surface area contributed by atoms with Crippen molar-refractivity contribution in [3.05, 3.63) is 60.3 Å². The summed E-state index contributed by atoms with van der Waals surface area (Å²) in [6, 6.07) is 14.9. The molecule has 0 heterocycles. The summed E-state index contributed by atoms with van der Waals surface area (Å²) in [4.78, 5) is 0. The molecule has 0 amide bonds. The van der Waals surface area contributed by atoms with Crippen molar-refractivity contribution in [3.63, 3.8) is 0 Å². The van der Waals surface area contributed by atoms with Crippen LogP contribution in [0.3, 0.4) is 0 Å². The first-order valence-electron chi connectivity index (χ1n) is 6.24. The molecule has 0 N–H and O–H groups in total. The molecule has 2 aromatic rings. The molecule has 0 radical (unpaired) electrons. The van der Waals surface area contributed by atoms with Gasteiger partial charge in [0.25, 0.3) is 0 Å². The van der Waals surface area contributed by atoms with E-state index in [2.05, 4.69) is 61.7 Å². The highest BCUT2D eigenvalue weighted by Gasteiger charge is 2.04. The van der Waals surface area contributed by atoms with E-state index in [1.807, 2.05) is 0 Å². The summed E-state index contributed by atoms with van der Waals surface area (Å²) in [6.07, 6.45) is 3.46. The van der Waals surface area contributed by atoms with Gasteiger partial charge in [0.15, 0.2) is 0 Å². The predicted octanol–water partition coefficient (Wildman–Crippen LogP) is 5.20. The lowest BCUT2D eigenvalue weighted by Gasteiger charge is -2.08. The third-order valence-corrected chi connectivity index (χ3v) is 3.11. The molecule has 0 bridgehead atoms. The maximum Gasteiger partial charge on any atom is 0.00120 e. The first-order chi connectivity index (χ1) is 8.36. The number of allylic oxidation sites excluding steroid dienone is 1. The van der Waals surface area contributed by atoms with Gasteiger partial charge in [-0.05, 0) is 29.2 Å². The van der Waals surface area contributed by atoms with Crippen LogP contribution < -0.4 is 0 Å². The van der Waals surface area contributed by atoms with Gasteiger partial charge in [0, 0.05) is 5.57 Å². The maximum absolute atomic E-state index is 3.84. The number of hydrogen-bond acceptors (Lipinski definition) is 0. The molecule has 0 saturated carbocycles. The van der Waals surface area contributed by atoms with E-state index in [0.29, 0.717) is 0 Å². The lowest BCUT2D eigenvalue weighted by Crippen LogP contribution is -1.86. The van der Waals surface area contributed by atoms with E-state index in [0.717, 1.165) is 6.42 Å². The molecule has 0 aliphatic rings. The Morgan fingerprint density at radius 3 is 2.65 bits per heavy atom. The third kappa shape index (κ3) is 2.49. The zero-order valence-electron chi connectivity index (χ0n) is 10.4. The highest BCUT2D eigenvalue weighted by atomic mass is 14.1. The van der Waals surface area contributed by atoms with E-state index in [1.165, 1.54) is 34.8 Å². The summed E-state index contributed by atoms with van der Waals surface area (Å²) in [5, 5.41) is 2.59. The molecule has 0 aromatic heterocycles. The van der Waals surface area contributed by atoms with E-state index in [9.17, 15) is 0 Å². The molecular weight excluding hydrogens is 204 g/mol. The summed E-state index contributed by atoms with van der Waals surface area (Å²) < 4.78 is 0. The highest BCUT2D eigenvalue weighted by Crippen LogP contribution is 2.27. The second-order valence-corrected chi connectivity index (χ2v) is 4.29. The van der Waals surface area contributed by atoms with Crippen molar-refractivity contribution in [2.24, 2.45) is 0 Å². The molecule has 0 unspecified atom stereocenters. The fourth-order valence-corrected chi connectivity index (χ4v) is 2.16. The number of rotatable bonds is 4. The van der Waals surface area contributed by atoms with Crippen molar-refractivity contribution in [3.8, 4) is 0 Å². The summed E-state index contributed by atoms with van der Waals surface area (Å²) in [6.45, 7) is 6.05. The normalized spacial score (nSPS) is 10.2. The van der Waals surface area contributed by atoms with Crippen LogP contribution in [0, 0.1) is 0 Å². The smallest absolute Gasteiger partial charge is 0.00120 e. The Hall–Kier alpha value is -1.78. The molecule has 0 saturated heterocycles. The Labute approximate surface area is 103 Å². The van der Waals surface area contributed by atoms with Crippen LogP contribution in [0.5, 0.6) is 0 Å². The second-order valence-electron chi connectivity index (χ2n) is 4.29. The van der Waals surface area contributed by atoms with Crippen molar-refractivity contribution >= 4 is 16.3 Å². The Bertz CT molecular complexity index is 552. The lowest BCUT2D eigenvalue weighted by atomic mass is 9.95. The van der Waals surface area contributed by atoms with Gasteiger partial charge >= 0.3 is 0 Å². The summed E-state index contributed by atoms with van der Waals surface area (Å²) in [5.41, 5.74) is 5.64. The average Bonchev–Trinajstić information content (AvgIpc) is 2.40. The molecule has 2 rings (SSSR count). The Balaban J connectivity index is 2.50. The van der Waals surface area contributed by atoms with Crippen molar-refractivity contribution in [2.45, 2.75) is 26.2 Å². The number of benzene rings is 2. The van der Waals surface area contributed by atoms with E-state index in [4.69, 9.17) is 0 Å². The van der Waals surface area contributed by atoms with Crippen molar-refractivity contribution in [1.29, 1.82) is 0 Å². The number of fused-ring (bicyclic) bond motifs is 1. The summed E-state index contributed by atoms with van der Waals surface area (Å²) in [7, 11) is 0. The molecule has 86 valence electrons. The summed E-state index contributed by atoms with van der Waals surface area (Å²) in [5.74, 6) is 0. The second kappa shape index (κ2) is 5.52. The van der Waals surface area contributed by atoms with Crippen LogP contribution in [0.2, 0.25) is 0 Å². The van der Waals surface area contributed by atoms with Gasteiger partial charge in [-0.25, -0.2) is 0 Å². The molecule has 0 aliphatic carbocycles. The largest absolute Gasteiger partial charge is 0.125 e. The molecule has 0 spiro atoms. The topological polar surface area (TPSA) is 0 Å². The minimum atomic E-state index is 1.06. The summed E-state index contributed by atoms with van der Waals surface area (Å²) >= 11 is 0. The van der Waals surface area contributed by atoms with E-state index in [1.54, 1.807) is 0 Å². The molecule has 0 fully saturated rings. The van der Waals surface area contributed by atoms with Crippen molar-refractivity contribution in [2.75, 3.05) is 0 Å². The fraction of sp³-hybridized carbons (Fsp3) is 0.235. The van der Waals surface area contributed by atoms with Crippen LogP contribution in [0.1, 0.15) is 31.7 Å². The van der Waals surface area contributed by atoms with E-state index in [-0.39, 0.29) is 0 Å². The van der Waals surface area contributed by atoms with Gasteiger partial charge in [0.2, 0.25) is 0 Å². The Kier molecular flexibility index (Phi) is 3.80. The predicted molar refractivity (Wildman–Crippen MR) is 76.0 cm³/mol. The van der Waals surface area contributed by atoms with Gasteiger partial charge in [0.1, 0.15) is 0 Å². The van der Waals surface area contributed by atoms with Gasteiger partial charge in [-0.1, -0.05) is 62.4 Å². The van der Waals surface area contributed by atoms with Gasteiger partial charge < -0.3 is 0 Å². The Morgan fingerprint density at radius 2 is 1.88 bits per heavy atom. The molecule has 0 heteroatoms. The molecule has 0 atom stereocenters. The highest BCUT2D eigenvalue weighted by molar-refractivity contribution is 5.93. The zero-order chi connectivity index (χ0) is 12.1. The SMILES string of the molecule is C=C=C(CCCC)c1cccc2ccccc12. The Morgan fingerprint density at radius 1 is 1.12 bits per heavy atom. The van der Waals surface area contributed by atoms with Gasteiger partial charge in [-0.3, -0.25) is 0 Å². The zero-order valence-corrected chi connectivity index (χ0v) is 10.4. The minimum Gasteiger partial charge on any atom is -0.125 e. The monoisotopic (exact) mass is 222 g/mol. The van der Waals surface area contributed by atoms with E-state index >= 15 is 0 Å². The third-order valence-electron chi connectivity index (χ3n) is 3.11. The molecule has 2 aromatic carbocycles. The van der Waals surface area contributed by atoms with Gasteiger partial charge in [-0.2, -0.15) is 0 Å². The average molecular weight is 222 g/mol. The number of hydrogen-bond donors (Lipinski definition) is 0. The fourth-order valence-electron chi connectivity index (χ4n) is 2.16. The first-order valence-corrected chi connectivity index (χ1v) is 6.24. The molecule has 0 nitrogen and oxygen atoms in total. The van der Waals surface area contributed by atoms with E-state index < -0.39 is 0 Å². The van der Waals surface area contributed by atoms with Crippen molar-refractivity contribution < 1.29 is 0 Å². The first kappa shape index (κ1) is 11.7. The van der Waals surface area contributed by atoms with Crippen LogP contribution in [0.4, 0.5) is 0 Å². The quantitative estimate of drug-likeness (QED) is 0.624. The lowest BCUT2D eigenvalue weighted by molar-refractivity contribution is 0.825. The van der Waals surface area contributed by atoms with Crippen LogP contribution in [0.15, 0.2) is 54.8 Å². The molecule has 17 heavy (non-hydrogen) atoms. The van der Waals surface area contributed by atoms with Crippen molar-refractivity contribution in [1.82, 2.24) is 0 Å². The van der Waals surface area contributed by atoms with Crippen LogP contribution >= 0.6 is 0 Å². The van der Waals surface area contributed by atoms with Gasteiger partial charge in [0.05, 0.1) is 0 Å². The molecule has 0 aliphatic heterocycles.